The smallest absolute Gasteiger partial charge is 0.223 e. The zero-order valence-corrected chi connectivity index (χ0v) is 12.0. The van der Waals surface area contributed by atoms with E-state index in [4.69, 9.17) is 14.0 Å². The Morgan fingerprint density at radius 2 is 1.90 bits per heavy atom. The molecule has 0 aliphatic carbocycles. The van der Waals surface area contributed by atoms with E-state index in [-0.39, 0.29) is 0 Å². The number of benzene rings is 1. The highest BCUT2D eigenvalue weighted by Crippen LogP contribution is 2.30. The molecule has 6 nitrogen and oxygen atoms in total. The molecule has 2 rings (SSSR count). The van der Waals surface area contributed by atoms with Gasteiger partial charge in [0.1, 0.15) is 0 Å². The molecule has 0 aliphatic rings. The summed E-state index contributed by atoms with van der Waals surface area (Å²) in [5.41, 5.74) is 0.916. The van der Waals surface area contributed by atoms with Gasteiger partial charge in [0.25, 0.3) is 0 Å². The molecule has 0 amide bonds. The standard InChI is InChI=1S/C14H19N3O3/c1-4-18-12-7-6-11(8-13(12)19-5-2)15-9-14-16-10(3)20-17-14/h6-8,15H,4-5,9H2,1-3H3. The molecule has 2 aromatic rings. The second kappa shape index (κ2) is 6.79. The van der Waals surface area contributed by atoms with Gasteiger partial charge in [0, 0.05) is 18.7 Å². The normalized spacial score (nSPS) is 10.3. The first-order valence-corrected chi connectivity index (χ1v) is 6.65. The minimum atomic E-state index is 0.497. The van der Waals surface area contributed by atoms with Crippen molar-refractivity contribution in [2.24, 2.45) is 0 Å². The minimum absolute atomic E-state index is 0.497. The van der Waals surface area contributed by atoms with Crippen LogP contribution in [0.3, 0.4) is 0 Å². The monoisotopic (exact) mass is 277 g/mol. The van der Waals surface area contributed by atoms with Crippen LogP contribution in [-0.4, -0.2) is 23.4 Å². The Hall–Kier alpha value is -2.24. The third-order valence-electron chi connectivity index (χ3n) is 2.56. The topological polar surface area (TPSA) is 69.4 Å². The number of aryl methyl sites for hydroxylation is 1. The molecule has 0 spiro atoms. The lowest BCUT2D eigenvalue weighted by Gasteiger charge is -2.12. The Kier molecular flexibility index (Phi) is 4.81. The van der Waals surface area contributed by atoms with Crippen LogP contribution in [0.15, 0.2) is 22.7 Å². The van der Waals surface area contributed by atoms with Gasteiger partial charge in [-0.05, 0) is 26.0 Å². The lowest BCUT2D eigenvalue weighted by atomic mass is 10.2. The van der Waals surface area contributed by atoms with E-state index >= 15 is 0 Å². The van der Waals surface area contributed by atoms with Gasteiger partial charge in [0.05, 0.1) is 19.8 Å². The minimum Gasteiger partial charge on any atom is -0.490 e. The number of ether oxygens (including phenoxy) is 2. The molecule has 0 atom stereocenters. The van der Waals surface area contributed by atoms with Crippen LogP contribution in [-0.2, 0) is 6.54 Å². The largest absolute Gasteiger partial charge is 0.490 e. The average Bonchev–Trinajstić information content (AvgIpc) is 2.85. The van der Waals surface area contributed by atoms with Crippen LogP contribution in [0.25, 0.3) is 0 Å². The maximum Gasteiger partial charge on any atom is 0.223 e. The van der Waals surface area contributed by atoms with Crippen LogP contribution in [0.2, 0.25) is 0 Å². The summed E-state index contributed by atoms with van der Waals surface area (Å²) in [5.74, 6) is 2.65. The molecule has 20 heavy (non-hydrogen) atoms. The summed E-state index contributed by atoms with van der Waals surface area (Å²) in [7, 11) is 0. The molecule has 0 saturated heterocycles. The fourth-order valence-corrected chi connectivity index (χ4v) is 1.76. The molecule has 6 heteroatoms. The second-order valence-electron chi connectivity index (χ2n) is 4.11. The Bertz CT molecular complexity index is 554. The van der Waals surface area contributed by atoms with Gasteiger partial charge in [0.15, 0.2) is 17.3 Å². The third-order valence-corrected chi connectivity index (χ3v) is 2.56. The maximum atomic E-state index is 5.57. The van der Waals surface area contributed by atoms with E-state index in [9.17, 15) is 0 Å². The number of rotatable bonds is 7. The number of hydrogen-bond acceptors (Lipinski definition) is 6. The van der Waals surface area contributed by atoms with Gasteiger partial charge in [-0.15, -0.1) is 0 Å². The molecular formula is C14H19N3O3. The zero-order chi connectivity index (χ0) is 14.4. The number of hydrogen-bond donors (Lipinski definition) is 1. The number of aromatic nitrogens is 2. The van der Waals surface area contributed by atoms with Gasteiger partial charge in [-0.25, -0.2) is 0 Å². The van der Waals surface area contributed by atoms with E-state index in [1.54, 1.807) is 6.92 Å². The molecule has 1 N–H and O–H groups in total. The van der Waals surface area contributed by atoms with Gasteiger partial charge in [-0.1, -0.05) is 5.16 Å². The van der Waals surface area contributed by atoms with Crippen LogP contribution < -0.4 is 14.8 Å². The predicted molar refractivity (Wildman–Crippen MR) is 75.1 cm³/mol. The highest BCUT2D eigenvalue weighted by molar-refractivity contribution is 5.54. The molecule has 0 radical (unpaired) electrons. The van der Waals surface area contributed by atoms with Gasteiger partial charge >= 0.3 is 0 Å². The molecule has 108 valence electrons. The molecule has 0 bridgehead atoms. The van der Waals surface area contributed by atoms with Gasteiger partial charge in [-0.3, -0.25) is 0 Å². The molecule has 1 heterocycles. The van der Waals surface area contributed by atoms with Gasteiger partial charge in [-0.2, -0.15) is 4.98 Å². The highest BCUT2D eigenvalue weighted by atomic mass is 16.5. The average molecular weight is 277 g/mol. The van der Waals surface area contributed by atoms with Crippen LogP contribution in [0.5, 0.6) is 11.5 Å². The van der Waals surface area contributed by atoms with Crippen LogP contribution >= 0.6 is 0 Å². The highest BCUT2D eigenvalue weighted by Gasteiger charge is 2.07. The molecule has 0 unspecified atom stereocenters. The Labute approximate surface area is 118 Å². The summed E-state index contributed by atoms with van der Waals surface area (Å²) < 4.78 is 16.0. The first-order valence-electron chi connectivity index (χ1n) is 6.65. The molecular weight excluding hydrogens is 258 g/mol. The van der Waals surface area contributed by atoms with Gasteiger partial charge < -0.3 is 19.3 Å². The van der Waals surface area contributed by atoms with E-state index in [1.165, 1.54) is 0 Å². The lowest BCUT2D eigenvalue weighted by molar-refractivity contribution is 0.288. The van der Waals surface area contributed by atoms with E-state index < -0.39 is 0 Å². The maximum absolute atomic E-state index is 5.57. The predicted octanol–water partition coefficient (Wildman–Crippen LogP) is 2.79. The fourth-order valence-electron chi connectivity index (χ4n) is 1.76. The summed E-state index contributed by atoms with van der Waals surface area (Å²) >= 11 is 0. The van der Waals surface area contributed by atoms with E-state index in [2.05, 4.69) is 15.5 Å². The second-order valence-corrected chi connectivity index (χ2v) is 4.11. The Balaban J connectivity index is 2.05. The van der Waals surface area contributed by atoms with Crippen molar-refractivity contribution >= 4 is 5.69 Å². The quantitative estimate of drug-likeness (QED) is 0.839. The van der Waals surface area contributed by atoms with Crippen molar-refractivity contribution in [2.45, 2.75) is 27.3 Å². The summed E-state index contributed by atoms with van der Waals surface area (Å²) in [6, 6.07) is 5.72. The molecule has 1 aromatic carbocycles. The number of nitrogens with one attached hydrogen (secondary N) is 1. The first-order chi connectivity index (χ1) is 9.72. The van der Waals surface area contributed by atoms with Crippen molar-refractivity contribution in [3.63, 3.8) is 0 Å². The van der Waals surface area contributed by atoms with Gasteiger partial charge in [0.2, 0.25) is 5.89 Å². The molecule has 0 fully saturated rings. The van der Waals surface area contributed by atoms with Crippen LogP contribution in [0.4, 0.5) is 5.69 Å². The molecule has 0 aliphatic heterocycles. The van der Waals surface area contributed by atoms with Crippen molar-refractivity contribution in [1.82, 2.24) is 10.1 Å². The Morgan fingerprint density at radius 1 is 1.15 bits per heavy atom. The summed E-state index contributed by atoms with van der Waals surface area (Å²) in [6.07, 6.45) is 0. The van der Waals surface area contributed by atoms with E-state index in [0.29, 0.717) is 31.5 Å². The van der Waals surface area contributed by atoms with Crippen LogP contribution in [0, 0.1) is 6.92 Å². The lowest BCUT2D eigenvalue weighted by Crippen LogP contribution is -2.03. The Morgan fingerprint density at radius 3 is 2.55 bits per heavy atom. The van der Waals surface area contributed by atoms with E-state index in [0.717, 1.165) is 17.2 Å². The fraction of sp³-hybridized carbons (Fsp3) is 0.429. The summed E-state index contributed by atoms with van der Waals surface area (Å²) in [4.78, 5) is 4.14. The van der Waals surface area contributed by atoms with E-state index in [1.807, 2.05) is 32.0 Å². The van der Waals surface area contributed by atoms with Crippen LogP contribution in [0.1, 0.15) is 25.6 Å². The van der Waals surface area contributed by atoms with Crippen molar-refractivity contribution in [3.8, 4) is 11.5 Å². The SMILES string of the molecule is CCOc1ccc(NCc2noc(C)n2)cc1OCC. The van der Waals surface area contributed by atoms with Crippen molar-refractivity contribution in [3.05, 3.63) is 29.9 Å². The summed E-state index contributed by atoms with van der Waals surface area (Å²) in [6.45, 7) is 7.35. The van der Waals surface area contributed by atoms with Crippen molar-refractivity contribution < 1.29 is 14.0 Å². The molecule has 0 saturated carbocycles. The summed E-state index contributed by atoms with van der Waals surface area (Å²) in [5, 5.41) is 7.05. The van der Waals surface area contributed by atoms with Crippen molar-refractivity contribution in [1.29, 1.82) is 0 Å². The number of anilines is 1. The zero-order valence-electron chi connectivity index (χ0n) is 12.0. The number of nitrogens with zero attached hydrogens (tertiary/aromatic N) is 2. The first kappa shape index (κ1) is 14.2. The third kappa shape index (κ3) is 3.63. The molecule has 1 aromatic heterocycles. The van der Waals surface area contributed by atoms with Crippen molar-refractivity contribution in [2.75, 3.05) is 18.5 Å².